The Kier molecular flexibility index (Phi) is 4.11. The largest absolute Gasteiger partial charge is 0.508 e. The van der Waals surface area contributed by atoms with E-state index in [2.05, 4.69) is 23.5 Å². The lowest BCUT2D eigenvalue weighted by atomic mass is 10.1. The van der Waals surface area contributed by atoms with Gasteiger partial charge in [0.15, 0.2) is 0 Å². The van der Waals surface area contributed by atoms with Gasteiger partial charge in [0.25, 0.3) is 0 Å². The molecule has 110 valence electrons. The highest BCUT2D eigenvalue weighted by molar-refractivity contribution is 5.55. The van der Waals surface area contributed by atoms with E-state index in [9.17, 15) is 5.11 Å². The summed E-state index contributed by atoms with van der Waals surface area (Å²) < 4.78 is 5.53. The van der Waals surface area contributed by atoms with Gasteiger partial charge in [-0.3, -0.25) is 0 Å². The van der Waals surface area contributed by atoms with Crippen LogP contribution in [-0.4, -0.2) is 11.7 Å². The van der Waals surface area contributed by atoms with Crippen LogP contribution in [0.3, 0.4) is 0 Å². The minimum absolute atomic E-state index is 0.259. The normalized spacial score (nSPS) is 16.7. The minimum atomic E-state index is 0.259. The number of para-hydroxylation sites is 1. The van der Waals surface area contributed by atoms with E-state index >= 15 is 0 Å². The molecule has 2 aromatic carbocycles. The minimum Gasteiger partial charge on any atom is -0.508 e. The average Bonchev–Trinajstić information content (AvgIpc) is 2.91. The van der Waals surface area contributed by atoms with Crippen molar-refractivity contribution in [1.82, 2.24) is 0 Å². The predicted octanol–water partition coefficient (Wildman–Crippen LogP) is 4.03. The molecular weight excluding hydrogens is 262 g/mol. The van der Waals surface area contributed by atoms with E-state index in [-0.39, 0.29) is 6.04 Å². The lowest BCUT2D eigenvalue weighted by molar-refractivity contribution is 0.134. The summed E-state index contributed by atoms with van der Waals surface area (Å²) in [6, 6.07) is 14.3. The predicted molar refractivity (Wildman–Crippen MR) is 84.6 cm³/mol. The van der Waals surface area contributed by atoms with Crippen LogP contribution in [0.1, 0.15) is 36.1 Å². The van der Waals surface area contributed by atoms with Crippen molar-refractivity contribution in [2.75, 3.05) is 11.9 Å². The number of phenols is 1. The average molecular weight is 283 g/mol. The molecule has 1 unspecified atom stereocenters. The van der Waals surface area contributed by atoms with Crippen molar-refractivity contribution >= 4 is 5.69 Å². The third kappa shape index (κ3) is 2.88. The third-order valence-corrected chi connectivity index (χ3v) is 4.05. The van der Waals surface area contributed by atoms with Crippen LogP contribution in [0.4, 0.5) is 5.69 Å². The molecule has 21 heavy (non-hydrogen) atoms. The van der Waals surface area contributed by atoms with E-state index < -0.39 is 0 Å². The zero-order valence-electron chi connectivity index (χ0n) is 12.3. The first-order valence-electron chi connectivity index (χ1n) is 7.52. The number of hydrogen-bond acceptors (Lipinski definition) is 3. The third-order valence-electron chi connectivity index (χ3n) is 4.05. The van der Waals surface area contributed by atoms with E-state index in [0.29, 0.717) is 19.0 Å². The first-order chi connectivity index (χ1) is 10.3. The summed E-state index contributed by atoms with van der Waals surface area (Å²) in [5.41, 5.74) is 4.58. The summed E-state index contributed by atoms with van der Waals surface area (Å²) >= 11 is 0. The first-order valence-corrected chi connectivity index (χ1v) is 7.52. The number of fused-ring (bicyclic) bond motifs is 1. The highest BCUT2D eigenvalue weighted by atomic mass is 16.5. The van der Waals surface area contributed by atoms with Crippen molar-refractivity contribution in [2.45, 2.75) is 32.4 Å². The van der Waals surface area contributed by atoms with Gasteiger partial charge in [0, 0.05) is 17.9 Å². The van der Waals surface area contributed by atoms with Gasteiger partial charge in [0.2, 0.25) is 0 Å². The Balaban J connectivity index is 1.82. The lowest BCUT2D eigenvalue weighted by Crippen LogP contribution is -2.09. The molecule has 3 rings (SSSR count). The van der Waals surface area contributed by atoms with E-state index in [1.165, 1.54) is 11.1 Å². The molecule has 0 spiro atoms. The van der Waals surface area contributed by atoms with Crippen LogP contribution in [0.25, 0.3) is 0 Å². The maximum atomic E-state index is 9.94. The Morgan fingerprint density at radius 2 is 2.05 bits per heavy atom. The van der Waals surface area contributed by atoms with E-state index in [1.807, 2.05) is 25.1 Å². The van der Waals surface area contributed by atoms with Crippen LogP contribution in [-0.2, 0) is 17.8 Å². The summed E-state index contributed by atoms with van der Waals surface area (Å²) in [7, 11) is 0. The lowest BCUT2D eigenvalue weighted by Gasteiger charge is -2.18. The van der Waals surface area contributed by atoms with Crippen LogP contribution in [0.15, 0.2) is 42.5 Å². The molecule has 0 fully saturated rings. The fraction of sp³-hybridized carbons (Fsp3) is 0.333. The highest BCUT2D eigenvalue weighted by Gasteiger charge is 2.24. The van der Waals surface area contributed by atoms with Gasteiger partial charge in [-0.2, -0.15) is 0 Å². The fourth-order valence-electron chi connectivity index (χ4n) is 2.97. The monoisotopic (exact) mass is 283 g/mol. The Bertz CT molecular complexity index is 624. The molecule has 3 nitrogen and oxygen atoms in total. The molecule has 0 bridgehead atoms. The Morgan fingerprint density at radius 3 is 2.90 bits per heavy atom. The summed E-state index contributed by atoms with van der Waals surface area (Å²) in [5, 5.41) is 13.5. The second kappa shape index (κ2) is 6.19. The SMILES string of the molecule is CCOCc1ccccc1NC1CCc2c(O)cccc21. The van der Waals surface area contributed by atoms with E-state index in [0.717, 1.165) is 24.1 Å². The van der Waals surface area contributed by atoms with Crippen molar-refractivity contribution in [1.29, 1.82) is 0 Å². The molecule has 0 heterocycles. The standard InChI is InChI=1S/C18H21NO2/c1-2-21-12-13-6-3-4-8-16(13)19-17-11-10-15-14(17)7-5-9-18(15)20/h3-9,17,19-20H,2,10-12H2,1H3. The van der Waals surface area contributed by atoms with Crippen LogP contribution in [0.5, 0.6) is 5.75 Å². The zero-order valence-corrected chi connectivity index (χ0v) is 12.3. The second-order valence-corrected chi connectivity index (χ2v) is 5.37. The van der Waals surface area contributed by atoms with Crippen LogP contribution >= 0.6 is 0 Å². The number of phenolic OH excluding ortho intramolecular Hbond substituents is 1. The summed E-state index contributed by atoms with van der Waals surface area (Å²) in [5.74, 6) is 0.416. The first kappa shape index (κ1) is 14.0. The zero-order chi connectivity index (χ0) is 14.7. The number of ether oxygens (including phenoxy) is 1. The summed E-state index contributed by atoms with van der Waals surface area (Å²) in [4.78, 5) is 0. The topological polar surface area (TPSA) is 41.5 Å². The molecule has 0 radical (unpaired) electrons. The Morgan fingerprint density at radius 1 is 1.19 bits per heavy atom. The number of aromatic hydroxyl groups is 1. The second-order valence-electron chi connectivity index (χ2n) is 5.37. The molecule has 0 amide bonds. The molecule has 2 aromatic rings. The van der Waals surface area contributed by atoms with Crippen molar-refractivity contribution < 1.29 is 9.84 Å². The van der Waals surface area contributed by atoms with Gasteiger partial charge in [-0.15, -0.1) is 0 Å². The van der Waals surface area contributed by atoms with Crippen molar-refractivity contribution in [3.8, 4) is 5.75 Å². The van der Waals surface area contributed by atoms with Gasteiger partial charge in [0.05, 0.1) is 12.6 Å². The van der Waals surface area contributed by atoms with Crippen molar-refractivity contribution in [3.05, 3.63) is 59.2 Å². The maximum Gasteiger partial charge on any atom is 0.119 e. The molecule has 1 aliphatic carbocycles. The van der Waals surface area contributed by atoms with Crippen LogP contribution < -0.4 is 5.32 Å². The van der Waals surface area contributed by atoms with Crippen molar-refractivity contribution in [2.24, 2.45) is 0 Å². The number of nitrogens with one attached hydrogen (secondary N) is 1. The van der Waals surface area contributed by atoms with Crippen molar-refractivity contribution in [3.63, 3.8) is 0 Å². The van der Waals surface area contributed by atoms with Gasteiger partial charge in [-0.1, -0.05) is 30.3 Å². The molecule has 1 atom stereocenters. The number of anilines is 1. The number of benzene rings is 2. The van der Waals surface area contributed by atoms with Crippen LogP contribution in [0.2, 0.25) is 0 Å². The number of hydrogen-bond donors (Lipinski definition) is 2. The molecular formula is C18H21NO2. The molecule has 0 aliphatic heterocycles. The molecule has 2 N–H and O–H groups in total. The highest BCUT2D eigenvalue weighted by Crippen LogP contribution is 2.38. The Hall–Kier alpha value is -2.00. The molecule has 3 heteroatoms. The number of rotatable bonds is 5. The smallest absolute Gasteiger partial charge is 0.119 e. The Labute approximate surface area is 125 Å². The van der Waals surface area contributed by atoms with Gasteiger partial charge >= 0.3 is 0 Å². The fourth-order valence-corrected chi connectivity index (χ4v) is 2.97. The summed E-state index contributed by atoms with van der Waals surface area (Å²) in [6.07, 6.45) is 1.93. The van der Waals surface area contributed by atoms with Crippen LogP contribution in [0, 0.1) is 0 Å². The molecule has 0 saturated carbocycles. The quantitative estimate of drug-likeness (QED) is 0.870. The van der Waals surface area contributed by atoms with Gasteiger partial charge < -0.3 is 15.2 Å². The molecule has 1 aliphatic rings. The van der Waals surface area contributed by atoms with Gasteiger partial charge in [-0.25, -0.2) is 0 Å². The van der Waals surface area contributed by atoms with E-state index in [4.69, 9.17) is 4.74 Å². The van der Waals surface area contributed by atoms with Gasteiger partial charge in [0.1, 0.15) is 5.75 Å². The van der Waals surface area contributed by atoms with E-state index in [1.54, 1.807) is 6.07 Å². The maximum absolute atomic E-state index is 9.94. The molecule has 0 aromatic heterocycles. The molecule has 0 saturated heterocycles. The van der Waals surface area contributed by atoms with Gasteiger partial charge in [-0.05, 0) is 43.0 Å². The summed E-state index contributed by atoms with van der Waals surface area (Å²) in [6.45, 7) is 3.35.